The lowest BCUT2D eigenvalue weighted by atomic mass is 9.94. The van der Waals surface area contributed by atoms with E-state index in [4.69, 9.17) is 4.74 Å². The molecule has 2 aliphatic heterocycles. The van der Waals surface area contributed by atoms with Crippen LogP contribution in [0.5, 0.6) is 5.75 Å². The molecule has 3 N–H and O–H groups in total. The Kier molecular flexibility index (Phi) is 7.54. The third-order valence-corrected chi connectivity index (χ3v) is 8.07. The van der Waals surface area contributed by atoms with Crippen molar-refractivity contribution in [2.75, 3.05) is 19.7 Å². The summed E-state index contributed by atoms with van der Waals surface area (Å²) in [5.41, 5.74) is 0.782. The van der Waals surface area contributed by atoms with Gasteiger partial charge in [0, 0.05) is 18.7 Å². The summed E-state index contributed by atoms with van der Waals surface area (Å²) in [6.45, 7) is 6.48. The lowest BCUT2D eigenvalue weighted by molar-refractivity contribution is -0.123. The van der Waals surface area contributed by atoms with E-state index in [9.17, 15) is 17.6 Å². The van der Waals surface area contributed by atoms with Gasteiger partial charge in [0.25, 0.3) is 0 Å². The topological polar surface area (TPSA) is 96.5 Å². The molecule has 2 heterocycles. The second-order valence-corrected chi connectivity index (χ2v) is 11.5. The van der Waals surface area contributed by atoms with E-state index in [1.807, 2.05) is 13.8 Å². The zero-order valence-electron chi connectivity index (χ0n) is 19.5. The van der Waals surface area contributed by atoms with E-state index in [2.05, 4.69) is 16.0 Å². The van der Waals surface area contributed by atoms with Crippen molar-refractivity contribution in [1.29, 1.82) is 0 Å². The predicted octanol–water partition coefficient (Wildman–Crippen LogP) is 2.65. The number of amides is 1. The van der Waals surface area contributed by atoms with Crippen LogP contribution in [-0.2, 0) is 21.2 Å². The quantitative estimate of drug-likeness (QED) is 0.528. The van der Waals surface area contributed by atoms with Crippen molar-refractivity contribution in [2.45, 2.75) is 55.1 Å². The number of halogens is 1. The van der Waals surface area contributed by atoms with Crippen LogP contribution >= 0.6 is 0 Å². The number of sulfone groups is 1. The van der Waals surface area contributed by atoms with Gasteiger partial charge in [-0.3, -0.25) is 4.79 Å². The van der Waals surface area contributed by atoms with Crippen LogP contribution in [0.3, 0.4) is 0 Å². The molecule has 1 amide bonds. The van der Waals surface area contributed by atoms with E-state index < -0.39 is 15.7 Å². The molecule has 2 aliphatic rings. The molecular weight excluding hydrogens is 457 g/mol. The molecule has 2 saturated heterocycles. The maximum absolute atomic E-state index is 14.1. The van der Waals surface area contributed by atoms with Crippen molar-refractivity contribution in [3.63, 3.8) is 0 Å². The maximum Gasteiger partial charge on any atom is 0.237 e. The summed E-state index contributed by atoms with van der Waals surface area (Å²) in [6, 6.07) is 9.98. The Labute approximate surface area is 200 Å². The fourth-order valence-corrected chi connectivity index (χ4v) is 5.78. The zero-order valence-corrected chi connectivity index (χ0v) is 20.3. The summed E-state index contributed by atoms with van der Waals surface area (Å²) in [5.74, 6) is 0.174. The first-order valence-electron chi connectivity index (χ1n) is 11.7. The van der Waals surface area contributed by atoms with Crippen LogP contribution in [0.15, 0.2) is 52.3 Å². The van der Waals surface area contributed by atoms with E-state index in [1.54, 1.807) is 12.1 Å². The van der Waals surface area contributed by atoms with Crippen LogP contribution in [-0.4, -0.2) is 46.1 Å². The Morgan fingerprint density at radius 3 is 2.65 bits per heavy atom. The van der Waals surface area contributed by atoms with Gasteiger partial charge in [-0.05, 0) is 67.6 Å². The highest BCUT2D eigenvalue weighted by atomic mass is 32.2. The molecule has 0 radical (unpaired) electrons. The number of rotatable bonds is 8. The van der Waals surface area contributed by atoms with Gasteiger partial charge in [-0.2, -0.15) is 0 Å². The summed E-state index contributed by atoms with van der Waals surface area (Å²) >= 11 is 0. The molecule has 7 nitrogen and oxygen atoms in total. The standard InChI is InChI=1S/C25H32FN3O4S/c1-16(2)15-33-20-10-19(26)11-22(12-20)34(31,32)21-5-3-17(4-6-21)13-28-25(30)24-9-18-14-27-8-7-23(18)29-24/h3-6,10-12,16,18,23-24,27,29H,7-9,13-15H2,1-2H3,(H,28,30). The summed E-state index contributed by atoms with van der Waals surface area (Å²) in [6.07, 6.45) is 1.85. The highest BCUT2D eigenvalue weighted by Gasteiger charge is 2.38. The summed E-state index contributed by atoms with van der Waals surface area (Å²) < 4.78 is 45.7. The number of nitrogens with one attached hydrogen (secondary N) is 3. The van der Waals surface area contributed by atoms with Gasteiger partial charge >= 0.3 is 0 Å². The van der Waals surface area contributed by atoms with E-state index in [0.29, 0.717) is 25.1 Å². The van der Waals surface area contributed by atoms with Gasteiger partial charge in [0.15, 0.2) is 0 Å². The lowest BCUT2D eigenvalue weighted by Gasteiger charge is -2.25. The average Bonchev–Trinajstić information content (AvgIpc) is 3.26. The number of hydrogen-bond acceptors (Lipinski definition) is 6. The largest absolute Gasteiger partial charge is 0.493 e. The molecule has 184 valence electrons. The van der Waals surface area contributed by atoms with E-state index in [0.717, 1.165) is 37.6 Å². The molecule has 34 heavy (non-hydrogen) atoms. The van der Waals surface area contributed by atoms with Crippen molar-refractivity contribution in [3.8, 4) is 5.75 Å². The normalized spacial score (nSPS) is 22.4. The first-order valence-corrected chi connectivity index (χ1v) is 13.2. The van der Waals surface area contributed by atoms with Crippen LogP contribution in [0.4, 0.5) is 4.39 Å². The fraction of sp³-hybridized carbons (Fsp3) is 0.480. The van der Waals surface area contributed by atoms with Crippen LogP contribution in [0.25, 0.3) is 0 Å². The third kappa shape index (κ3) is 5.76. The predicted molar refractivity (Wildman–Crippen MR) is 127 cm³/mol. The number of benzene rings is 2. The lowest BCUT2D eigenvalue weighted by Crippen LogP contribution is -2.45. The Hall–Kier alpha value is -2.49. The number of piperidine rings is 1. The van der Waals surface area contributed by atoms with Gasteiger partial charge in [-0.15, -0.1) is 0 Å². The van der Waals surface area contributed by atoms with Crippen LogP contribution in [0.2, 0.25) is 0 Å². The maximum atomic E-state index is 14.1. The summed E-state index contributed by atoms with van der Waals surface area (Å²) in [7, 11) is -3.92. The second-order valence-electron chi connectivity index (χ2n) is 9.51. The molecule has 2 aromatic carbocycles. The number of carbonyl (C=O) groups is 1. The van der Waals surface area contributed by atoms with Gasteiger partial charge in [-0.25, -0.2) is 12.8 Å². The molecule has 0 saturated carbocycles. The molecule has 0 aromatic heterocycles. The SMILES string of the molecule is CC(C)COc1cc(F)cc(S(=O)(=O)c2ccc(CNC(=O)C3CC4CNCCC4N3)cc2)c1. The summed E-state index contributed by atoms with van der Waals surface area (Å²) in [4.78, 5) is 12.5. The van der Waals surface area contributed by atoms with E-state index in [1.165, 1.54) is 24.3 Å². The van der Waals surface area contributed by atoms with E-state index in [-0.39, 0.29) is 33.4 Å². The van der Waals surface area contributed by atoms with Gasteiger partial charge in [0.1, 0.15) is 11.6 Å². The Morgan fingerprint density at radius 2 is 1.94 bits per heavy atom. The van der Waals surface area contributed by atoms with Crippen molar-refractivity contribution in [1.82, 2.24) is 16.0 Å². The first-order chi connectivity index (χ1) is 16.2. The molecule has 0 aliphatic carbocycles. The molecule has 3 unspecified atom stereocenters. The first kappa shape index (κ1) is 24.6. The molecule has 3 atom stereocenters. The minimum absolute atomic E-state index is 0.0419. The minimum Gasteiger partial charge on any atom is -0.493 e. The van der Waals surface area contributed by atoms with Crippen molar-refractivity contribution in [2.24, 2.45) is 11.8 Å². The highest BCUT2D eigenvalue weighted by molar-refractivity contribution is 7.91. The fourth-order valence-electron chi connectivity index (χ4n) is 4.48. The van der Waals surface area contributed by atoms with Crippen molar-refractivity contribution >= 4 is 15.7 Å². The monoisotopic (exact) mass is 489 g/mol. The molecule has 2 aromatic rings. The number of ether oxygens (including phenoxy) is 1. The van der Waals surface area contributed by atoms with Crippen LogP contribution in [0.1, 0.15) is 32.3 Å². The Morgan fingerprint density at radius 1 is 1.18 bits per heavy atom. The summed E-state index contributed by atoms with van der Waals surface area (Å²) in [5, 5.41) is 9.74. The third-order valence-electron chi connectivity index (χ3n) is 6.32. The van der Waals surface area contributed by atoms with Crippen LogP contribution in [0, 0.1) is 17.7 Å². The molecule has 0 spiro atoms. The average molecular weight is 490 g/mol. The smallest absolute Gasteiger partial charge is 0.237 e. The molecular formula is C25H32FN3O4S. The van der Waals surface area contributed by atoms with Gasteiger partial charge in [-0.1, -0.05) is 26.0 Å². The van der Waals surface area contributed by atoms with Crippen molar-refractivity contribution in [3.05, 3.63) is 53.8 Å². The van der Waals surface area contributed by atoms with Gasteiger partial charge in [0.2, 0.25) is 15.7 Å². The molecule has 0 bridgehead atoms. The van der Waals surface area contributed by atoms with E-state index >= 15 is 0 Å². The van der Waals surface area contributed by atoms with Crippen LogP contribution < -0.4 is 20.7 Å². The number of carbonyl (C=O) groups excluding carboxylic acids is 1. The zero-order chi connectivity index (χ0) is 24.3. The molecule has 2 fully saturated rings. The minimum atomic E-state index is -3.92. The Balaban J connectivity index is 1.38. The number of hydrogen-bond donors (Lipinski definition) is 3. The van der Waals surface area contributed by atoms with Gasteiger partial charge in [0.05, 0.1) is 22.4 Å². The highest BCUT2D eigenvalue weighted by Crippen LogP contribution is 2.27. The molecule has 9 heteroatoms. The second kappa shape index (κ2) is 10.4. The van der Waals surface area contributed by atoms with Crippen molar-refractivity contribution < 1.29 is 22.3 Å². The Bertz CT molecular complexity index is 1110. The number of fused-ring (bicyclic) bond motifs is 1. The molecule has 4 rings (SSSR count). The van der Waals surface area contributed by atoms with Gasteiger partial charge < -0.3 is 20.7 Å².